The van der Waals surface area contributed by atoms with Gasteiger partial charge in [0.15, 0.2) is 5.84 Å². The van der Waals surface area contributed by atoms with Crippen LogP contribution in [0.3, 0.4) is 0 Å². The van der Waals surface area contributed by atoms with Crippen molar-refractivity contribution in [1.82, 2.24) is 24.9 Å². The molecule has 0 saturated carbocycles. The van der Waals surface area contributed by atoms with Crippen molar-refractivity contribution >= 4 is 23.7 Å². The molecule has 2 aliphatic heterocycles. The average molecular weight is 426 g/mol. The van der Waals surface area contributed by atoms with E-state index in [1.807, 2.05) is 19.9 Å². The minimum atomic E-state index is -0.0812. The van der Waals surface area contributed by atoms with Gasteiger partial charge in [0.2, 0.25) is 0 Å². The molecular formula is C20H23N7O2S. The van der Waals surface area contributed by atoms with E-state index in [4.69, 9.17) is 10.5 Å². The monoisotopic (exact) mass is 425 g/mol. The number of amides is 1. The standard InChI is InChI=1S/C20H23N7O2S/c1-10-7-22-15(11(2)18(10)29-5)8-27-23-14-6-12(20(28)26(3)4)13-9-30-25-19(21)17(24-27)16(13)14/h6-7H,8-9H2,1-5H3,(H2,21,25). The second-order valence-electron chi connectivity index (χ2n) is 7.37. The molecule has 9 nitrogen and oxygen atoms in total. The molecule has 0 saturated heterocycles. The number of aromatic nitrogens is 4. The van der Waals surface area contributed by atoms with Gasteiger partial charge in [-0.25, -0.2) is 0 Å². The number of hydrogen-bond donors (Lipinski definition) is 1. The van der Waals surface area contributed by atoms with Gasteiger partial charge < -0.3 is 15.4 Å². The maximum absolute atomic E-state index is 12.7. The molecule has 0 radical (unpaired) electrons. The smallest absolute Gasteiger partial charge is 0.253 e. The van der Waals surface area contributed by atoms with Crippen molar-refractivity contribution in [3.8, 4) is 17.0 Å². The SMILES string of the molecule is COc1c(C)cnc(Cn2nc3cc(C(=O)N(C)C)c4c-3c(n2)C(N)=NSC4)c1C. The number of amidine groups is 1. The fraction of sp³-hybridized carbons (Fsp3) is 0.350. The number of carbonyl (C=O) groups excluding carboxylic acids is 1. The van der Waals surface area contributed by atoms with Crippen molar-refractivity contribution in [3.05, 3.63) is 45.9 Å². The number of nitrogens with two attached hydrogens (primary N) is 1. The fourth-order valence-corrected chi connectivity index (χ4v) is 4.37. The normalized spacial score (nSPS) is 13.2. The molecule has 4 rings (SSSR count). The average Bonchev–Trinajstić information content (AvgIpc) is 2.98. The molecule has 1 aliphatic carbocycles. The van der Waals surface area contributed by atoms with Crippen molar-refractivity contribution in [3.63, 3.8) is 0 Å². The van der Waals surface area contributed by atoms with Crippen molar-refractivity contribution in [2.45, 2.75) is 26.1 Å². The first-order chi connectivity index (χ1) is 14.3. The highest BCUT2D eigenvalue weighted by Crippen LogP contribution is 2.38. The van der Waals surface area contributed by atoms with E-state index in [1.165, 1.54) is 11.9 Å². The van der Waals surface area contributed by atoms with Crippen LogP contribution in [0, 0.1) is 13.8 Å². The van der Waals surface area contributed by atoms with Gasteiger partial charge in [-0.05, 0) is 37.4 Å². The van der Waals surface area contributed by atoms with Gasteiger partial charge >= 0.3 is 0 Å². The zero-order chi connectivity index (χ0) is 21.6. The molecule has 0 unspecified atom stereocenters. The number of ether oxygens (including phenoxy) is 1. The highest BCUT2D eigenvalue weighted by molar-refractivity contribution is 7.97. The van der Waals surface area contributed by atoms with Crippen LogP contribution in [0.25, 0.3) is 11.3 Å². The zero-order valence-corrected chi connectivity index (χ0v) is 18.4. The van der Waals surface area contributed by atoms with Gasteiger partial charge in [0, 0.05) is 48.3 Å². The van der Waals surface area contributed by atoms with E-state index in [1.54, 1.807) is 37.1 Å². The van der Waals surface area contributed by atoms with Crippen LogP contribution in [0.5, 0.6) is 5.75 Å². The van der Waals surface area contributed by atoms with Crippen molar-refractivity contribution in [2.75, 3.05) is 21.2 Å². The third kappa shape index (κ3) is 3.26. The summed E-state index contributed by atoms with van der Waals surface area (Å²) < 4.78 is 9.84. The minimum Gasteiger partial charge on any atom is -0.496 e. The summed E-state index contributed by atoms with van der Waals surface area (Å²) in [5.41, 5.74) is 12.4. The summed E-state index contributed by atoms with van der Waals surface area (Å²) >= 11 is 1.31. The van der Waals surface area contributed by atoms with Gasteiger partial charge in [-0.1, -0.05) is 0 Å². The van der Waals surface area contributed by atoms with Crippen LogP contribution in [0.1, 0.15) is 38.4 Å². The molecule has 1 aromatic rings. The maximum atomic E-state index is 12.7. The first-order valence-electron chi connectivity index (χ1n) is 9.39. The zero-order valence-electron chi connectivity index (χ0n) is 17.6. The summed E-state index contributed by atoms with van der Waals surface area (Å²) in [7, 11) is 5.10. The highest BCUT2D eigenvalue weighted by atomic mass is 32.2. The van der Waals surface area contributed by atoms with E-state index in [-0.39, 0.29) is 5.91 Å². The van der Waals surface area contributed by atoms with Crippen LogP contribution in [0.4, 0.5) is 0 Å². The number of rotatable bonds is 4. The summed E-state index contributed by atoms with van der Waals surface area (Å²) in [5, 5.41) is 9.30. The van der Waals surface area contributed by atoms with E-state index in [9.17, 15) is 4.79 Å². The Morgan fingerprint density at radius 1 is 1.33 bits per heavy atom. The lowest BCUT2D eigenvalue weighted by molar-refractivity contribution is 0.0827. The number of methoxy groups -OCH3 is 1. The molecule has 0 spiro atoms. The van der Waals surface area contributed by atoms with Gasteiger partial charge in [0.1, 0.15) is 18.0 Å². The number of hydrogen-bond acceptors (Lipinski definition) is 8. The third-order valence-electron chi connectivity index (χ3n) is 5.13. The largest absolute Gasteiger partial charge is 0.496 e. The number of aryl methyl sites for hydroxylation is 1. The Morgan fingerprint density at radius 3 is 2.80 bits per heavy atom. The molecule has 30 heavy (non-hydrogen) atoms. The van der Waals surface area contributed by atoms with Gasteiger partial charge in [0.05, 0.1) is 18.5 Å². The summed E-state index contributed by atoms with van der Waals surface area (Å²) in [6.07, 6.45) is 1.77. The predicted molar refractivity (Wildman–Crippen MR) is 116 cm³/mol. The first kappa shape index (κ1) is 20.1. The highest BCUT2D eigenvalue weighted by Gasteiger charge is 2.30. The summed E-state index contributed by atoms with van der Waals surface area (Å²) in [4.78, 5) is 20.4. The summed E-state index contributed by atoms with van der Waals surface area (Å²) in [5.74, 6) is 1.57. The molecule has 0 bridgehead atoms. The van der Waals surface area contributed by atoms with Gasteiger partial charge in [-0.3, -0.25) is 9.78 Å². The molecule has 156 valence electrons. The second kappa shape index (κ2) is 7.60. The van der Waals surface area contributed by atoms with Gasteiger partial charge in [-0.15, -0.1) is 0 Å². The molecule has 1 aromatic heterocycles. The lowest BCUT2D eigenvalue weighted by atomic mass is 10.1. The Hall–Kier alpha value is -3.14. The quantitative estimate of drug-likeness (QED) is 0.637. The van der Waals surface area contributed by atoms with Crippen LogP contribution in [-0.4, -0.2) is 57.8 Å². The topological polar surface area (TPSA) is 112 Å². The predicted octanol–water partition coefficient (Wildman–Crippen LogP) is 2.02. The Kier molecular flexibility index (Phi) is 5.10. The lowest BCUT2D eigenvalue weighted by Gasteiger charge is -2.15. The van der Waals surface area contributed by atoms with Crippen molar-refractivity contribution in [1.29, 1.82) is 0 Å². The molecule has 10 heteroatoms. The van der Waals surface area contributed by atoms with E-state index in [0.29, 0.717) is 35.1 Å². The van der Waals surface area contributed by atoms with Crippen LogP contribution in [0.15, 0.2) is 16.7 Å². The molecule has 2 N–H and O–H groups in total. The Balaban J connectivity index is 1.86. The molecule has 3 heterocycles. The van der Waals surface area contributed by atoms with Crippen LogP contribution in [0.2, 0.25) is 0 Å². The summed E-state index contributed by atoms with van der Waals surface area (Å²) in [6.45, 7) is 4.25. The molecular weight excluding hydrogens is 402 g/mol. The third-order valence-corrected chi connectivity index (χ3v) is 5.88. The number of pyridine rings is 1. The molecule has 1 amide bonds. The first-order valence-corrected chi connectivity index (χ1v) is 10.3. The lowest BCUT2D eigenvalue weighted by Crippen LogP contribution is -2.22. The van der Waals surface area contributed by atoms with Crippen LogP contribution in [-0.2, 0) is 12.3 Å². The Labute approximate surface area is 178 Å². The van der Waals surface area contributed by atoms with Crippen molar-refractivity contribution < 1.29 is 9.53 Å². The molecule has 0 atom stereocenters. The second-order valence-corrected chi connectivity index (χ2v) is 8.10. The number of nitrogens with zero attached hydrogens (tertiary/aromatic N) is 6. The van der Waals surface area contributed by atoms with Crippen LogP contribution >= 0.6 is 11.9 Å². The van der Waals surface area contributed by atoms with E-state index in [2.05, 4.69) is 19.6 Å². The number of carbonyl (C=O) groups is 1. The van der Waals surface area contributed by atoms with Gasteiger partial charge in [0.25, 0.3) is 5.91 Å². The van der Waals surface area contributed by atoms with E-state index < -0.39 is 0 Å². The summed E-state index contributed by atoms with van der Waals surface area (Å²) in [6, 6.07) is 1.81. The van der Waals surface area contributed by atoms with Gasteiger partial charge in [-0.2, -0.15) is 19.4 Å². The molecule has 0 aromatic carbocycles. The maximum Gasteiger partial charge on any atom is 0.253 e. The molecule has 0 fully saturated rings. The minimum absolute atomic E-state index is 0.0812. The fourth-order valence-electron chi connectivity index (χ4n) is 3.65. The van der Waals surface area contributed by atoms with E-state index in [0.717, 1.165) is 33.7 Å². The Morgan fingerprint density at radius 2 is 2.10 bits per heavy atom. The molecule has 3 aliphatic rings. The van der Waals surface area contributed by atoms with Crippen LogP contribution < -0.4 is 10.5 Å². The van der Waals surface area contributed by atoms with E-state index >= 15 is 0 Å². The van der Waals surface area contributed by atoms with Crippen molar-refractivity contribution in [2.24, 2.45) is 10.1 Å². The Bertz CT molecular complexity index is 1150.